The van der Waals surface area contributed by atoms with Gasteiger partial charge in [0.15, 0.2) is 0 Å². The Kier molecular flexibility index (Phi) is 2.95. The Hall–Kier alpha value is -0.830. The molecule has 0 saturated carbocycles. The van der Waals surface area contributed by atoms with E-state index in [0.29, 0.717) is 0 Å². The van der Waals surface area contributed by atoms with Gasteiger partial charge in [-0.25, -0.2) is 0 Å². The summed E-state index contributed by atoms with van der Waals surface area (Å²) >= 11 is 0. The molecule has 9 heavy (non-hydrogen) atoms. The Labute approximate surface area is 54.7 Å². The van der Waals surface area contributed by atoms with E-state index < -0.39 is 11.9 Å². The van der Waals surface area contributed by atoms with Crippen molar-refractivity contribution in [2.75, 3.05) is 0 Å². The van der Waals surface area contributed by atoms with Crippen LogP contribution in [0.15, 0.2) is 11.6 Å². The van der Waals surface area contributed by atoms with E-state index in [1.54, 1.807) is 6.08 Å². The molecule has 0 radical (unpaired) electrons. The predicted molar refractivity (Wildman–Crippen MR) is 36.6 cm³/mol. The molecule has 0 aromatic heterocycles. The molecule has 3 heteroatoms. The lowest BCUT2D eigenvalue weighted by Gasteiger charge is -1.99. The van der Waals surface area contributed by atoms with Crippen LogP contribution in [0.4, 0.5) is 0 Å². The monoisotopic (exact) mass is 128 g/mol. The van der Waals surface area contributed by atoms with Gasteiger partial charge in [-0.3, -0.25) is 4.79 Å². The number of carbonyl (C=O) groups is 1. The molecular weight excluding hydrogens is 116 g/mol. The molecule has 0 aliphatic rings. The summed E-state index contributed by atoms with van der Waals surface area (Å²) in [6, 6.07) is -0.630. The summed E-state index contributed by atoms with van der Waals surface area (Å²) in [6.45, 7) is 3.73. The minimum absolute atomic E-state index is 0.490. The van der Waals surface area contributed by atoms with Crippen LogP contribution in [0.1, 0.15) is 13.8 Å². The van der Waals surface area contributed by atoms with Gasteiger partial charge in [-0.05, 0) is 13.8 Å². The van der Waals surface area contributed by atoms with Crippen LogP contribution < -0.4 is 11.5 Å². The first-order valence-electron chi connectivity index (χ1n) is 2.74. The molecule has 52 valence electrons. The van der Waals surface area contributed by atoms with Crippen molar-refractivity contribution in [3.63, 3.8) is 0 Å². The maximum atomic E-state index is 10.3. The fraction of sp³-hybridized carbons (Fsp3) is 0.500. The van der Waals surface area contributed by atoms with Gasteiger partial charge in [0.05, 0.1) is 0 Å². The van der Waals surface area contributed by atoms with Gasteiger partial charge in [-0.2, -0.15) is 0 Å². The van der Waals surface area contributed by atoms with Crippen LogP contribution in [-0.4, -0.2) is 11.9 Å². The molecule has 0 saturated heterocycles. The lowest BCUT2D eigenvalue weighted by molar-refractivity contribution is -0.118. The van der Waals surface area contributed by atoms with Gasteiger partial charge in [0.2, 0.25) is 5.91 Å². The van der Waals surface area contributed by atoms with E-state index >= 15 is 0 Å². The second kappa shape index (κ2) is 3.25. The van der Waals surface area contributed by atoms with Crippen molar-refractivity contribution in [2.24, 2.45) is 11.5 Å². The van der Waals surface area contributed by atoms with Crippen LogP contribution in [0, 0.1) is 0 Å². The average Bonchev–Trinajstić information content (AvgIpc) is 1.63. The highest BCUT2D eigenvalue weighted by Crippen LogP contribution is 1.90. The van der Waals surface area contributed by atoms with Crippen molar-refractivity contribution in [3.05, 3.63) is 11.6 Å². The third-order valence-corrected chi connectivity index (χ3v) is 0.841. The molecule has 0 bridgehead atoms. The Morgan fingerprint density at radius 2 is 2.00 bits per heavy atom. The molecule has 1 unspecified atom stereocenters. The zero-order valence-electron chi connectivity index (χ0n) is 5.72. The van der Waals surface area contributed by atoms with E-state index in [1.807, 2.05) is 13.8 Å². The largest absolute Gasteiger partial charge is 0.368 e. The maximum Gasteiger partial charge on any atom is 0.238 e. The third-order valence-electron chi connectivity index (χ3n) is 0.841. The summed E-state index contributed by atoms with van der Waals surface area (Å²) in [4.78, 5) is 10.3. The summed E-state index contributed by atoms with van der Waals surface area (Å²) in [5, 5.41) is 0. The van der Waals surface area contributed by atoms with Crippen molar-refractivity contribution in [1.29, 1.82) is 0 Å². The summed E-state index contributed by atoms with van der Waals surface area (Å²) < 4.78 is 0. The van der Waals surface area contributed by atoms with Crippen LogP contribution in [-0.2, 0) is 4.79 Å². The molecule has 0 spiro atoms. The average molecular weight is 128 g/mol. The van der Waals surface area contributed by atoms with Crippen LogP contribution in [0.2, 0.25) is 0 Å². The molecule has 1 atom stereocenters. The molecule has 0 heterocycles. The molecule has 0 aromatic rings. The fourth-order valence-corrected chi connectivity index (χ4v) is 0.441. The SMILES string of the molecule is CC(C)=CC(N)C(N)=O. The molecule has 0 aliphatic carbocycles. The molecule has 0 aromatic carbocycles. The number of nitrogens with two attached hydrogens (primary N) is 2. The first-order valence-corrected chi connectivity index (χ1v) is 2.74. The van der Waals surface area contributed by atoms with Crippen LogP contribution in [0.3, 0.4) is 0 Å². The second-order valence-electron chi connectivity index (χ2n) is 2.17. The van der Waals surface area contributed by atoms with E-state index in [4.69, 9.17) is 11.5 Å². The Bertz CT molecular complexity index is 136. The van der Waals surface area contributed by atoms with Crippen LogP contribution in [0.5, 0.6) is 0 Å². The van der Waals surface area contributed by atoms with Crippen molar-refractivity contribution < 1.29 is 4.79 Å². The Morgan fingerprint density at radius 1 is 1.56 bits per heavy atom. The Morgan fingerprint density at radius 3 is 2.11 bits per heavy atom. The summed E-state index contributed by atoms with van der Waals surface area (Å²) in [6.07, 6.45) is 1.63. The minimum Gasteiger partial charge on any atom is -0.368 e. The standard InChI is InChI=1S/C6H12N2O/c1-4(2)3-5(7)6(8)9/h3,5H,7H2,1-2H3,(H2,8,9). The van der Waals surface area contributed by atoms with Gasteiger partial charge in [-0.1, -0.05) is 11.6 Å². The molecule has 3 nitrogen and oxygen atoms in total. The van der Waals surface area contributed by atoms with E-state index in [9.17, 15) is 4.79 Å². The van der Waals surface area contributed by atoms with Crippen molar-refractivity contribution in [3.8, 4) is 0 Å². The molecule has 0 aliphatic heterocycles. The number of hydrogen-bond donors (Lipinski definition) is 2. The molecule has 0 fully saturated rings. The van der Waals surface area contributed by atoms with E-state index in [0.717, 1.165) is 5.57 Å². The van der Waals surface area contributed by atoms with Crippen molar-refractivity contribution >= 4 is 5.91 Å². The zero-order chi connectivity index (χ0) is 7.44. The second-order valence-corrected chi connectivity index (χ2v) is 2.17. The zero-order valence-corrected chi connectivity index (χ0v) is 5.72. The van der Waals surface area contributed by atoms with E-state index in [-0.39, 0.29) is 0 Å². The highest BCUT2D eigenvalue weighted by atomic mass is 16.1. The van der Waals surface area contributed by atoms with Gasteiger partial charge in [0.25, 0.3) is 0 Å². The first kappa shape index (κ1) is 8.17. The number of carbonyl (C=O) groups excluding carboxylic acids is 1. The summed E-state index contributed by atoms with van der Waals surface area (Å²) in [7, 11) is 0. The predicted octanol–water partition coefficient (Wildman–Crippen LogP) is -0.235. The van der Waals surface area contributed by atoms with Crippen molar-refractivity contribution in [2.45, 2.75) is 19.9 Å². The smallest absolute Gasteiger partial charge is 0.238 e. The Balaban J connectivity index is 3.91. The third kappa shape index (κ3) is 3.73. The van der Waals surface area contributed by atoms with Gasteiger partial charge < -0.3 is 11.5 Å². The van der Waals surface area contributed by atoms with Crippen LogP contribution >= 0.6 is 0 Å². The quantitative estimate of drug-likeness (QED) is 0.504. The number of amides is 1. The van der Waals surface area contributed by atoms with Gasteiger partial charge >= 0.3 is 0 Å². The summed E-state index contributed by atoms with van der Waals surface area (Å²) in [5.74, 6) is -0.490. The molecule has 1 amide bonds. The normalized spacial score (nSPS) is 12.3. The van der Waals surface area contributed by atoms with Crippen LogP contribution in [0.25, 0.3) is 0 Å². The molecule has 0 rings (SSSR count). The number of primary amides is 1. The lowest BCUT2D eigenvalue weighted by atomic mass is 10.2. The molecular formula is C6H12N2O. The minimum atomic E-state index is -0.630. The number of allylic oxidation sites excluding steroid dienone is 1. The maximum absolute atomic E-state index is 10.3. The van der Waals surface area contributed by atoms with E-state index in [1.165, 1.54) is 0 Å². The number of rotatable bonds is 2. The topological polar surface area (TPSA) is 69.1 Å². The van der Waals surface area contributed by atoms with E-state index in [2.05, 4.69) is 0 Å². The van der Waals surface area contributed by atoms with Gasteiger partial charge in [-0.15, -0.1) is 0 Å². The highest BCUT2D eigenvalue weighted by Gasteiger charge is 2.02. The fourth-order valence-electron chi connectivity index (χ4n) is 0.441. The summed E-state index contributed by atoms with van der Waals surface area (Å²) in [5.41, 5.74) is 11.1. The first-order chi connectivity index (χ1) is 4.04. The van der Waals surface area contributed by atoms with Gasteiger partial charge in [0, 0.05) is 0 Å². The lowest BCUT2D eigenvalue weighted by Crippen LogP contribution is -2.34. The molecule has 4 N–H and O–H groups in total. The van der Waals surface area contributed by atoms with Gasteiger partial charge in [0.1, 0.15) is 6.04 Å². The number of hydrogen-bond acceptors (Lipinski definition) is 2. The highest BCUT2D eigenvalue weighted by molar-refractivity contribution is 5.81. The van der Waals surface area contributed by atoms with Crippen molar-refractivity contribution in [1.82, 2.24) is 0 Å².